The number of Topliss-reactive ketones (excluding diaryl/α,β-unsaturated/α-hetero) is 1. The molecule has 1 fully saturated rings. The second-order valence-corrected chi connectivity index (χ2v) is 9.50. The van der Waals surface area contributed by atoms with Gasteiger partial charge < -0.3 is 15.2 Å². The Kier molecular flexibility index (Phi) is 7.98. The number of aliphatic hydroxyl groups excluding tert-OH is 1. The van der Waals surface area contributed by atoms with E-state index in [1.807, 2.05) is 0 Å². The van der Waals surface area contributed by atoms with Gasteiger partial charge in [-0.15, -0.1) is 4.21 Å². The van der Waals surface area contributed by atoms with Crippen LogP contribution < -0.4 is 16.6 Å². The Hall–Kier alpha value is -4.05. The molecule has 2 atom stereocenters. The summed E-state index contributed by atoms with van der Waals surface area (Å²) in [7, 11) is -1.90. The van der Waals surface area contributed by atoms with Gasteiger partial charge in [0.05, 0.1) is 35.9 Å². The zero-order chi connectivity index (χ0) is 25.7. The summed E-state index contributed by atoms with van der Waals surface area (Å²) >= 11 is 0. The third-order valence-corrected chi connectivity index (χ3v) is 6.68. The van der Waals surface area contributed by atoms with Crippen LogP contribution >= 0.6 is 0 Å². The first-order chi connectivity index (χ1) is 16.7. The van der Waals surface area contributed by atoms with E-state index in [1.165, 1.54) is 19.2 Å². The van der Waals surface area contributed by atoms with Crippen molar-refractivity contribution in [2.75, 3.05) is 18.1 Å². The van der Waals surface area contributed by atoms with Crippen molar-refractivity contribution < 1.29 is 28.0 Å². The third kappa shape index (κ3) is 5.72. The maximum Gasteiger partial charge on any atom is 0.334 e. The van der Waals surface area contributed by atoms with Crippen LogP contribution in [-0.2, 0) is 31.1 Å². The molecule has 1 aromatic carbocycles. The average Bonchev–Trinajstić information content (AvgIpc) is 3.21. The molecular formula is C22H22FN4O7S+. The van der Waals surface area contributed by atoms with E-state index in [0.29, 0.717) is 6.26 Å². The number of carbonyl (C=O) groups is 2. The van der Waals surface area contributed by atoms with Gasteiger partial charge in [-0.3, -0.25) is 23.5 Å². The van der Waals surface area contributed by atoms with Crippen LogP contribution in [0.15, 0.2) is 46.0 Å². The molecule has 0 spiro atoms. The van der Waals surface area contributed by atoms with E-state index in [4.69, 9.17) is 15.1 Å². The number of nitrogens with one attached hydrogen (secondary N) is 1. The number of ether oxygens (including phenoxy) is 1. The topological polar surface area (TPSA) is 160 Å². The monoisotopic (exact) mass is 505 g/mol. The minimum atomic E-state index is -1.90. The number of rotatable bonds is 8. The summed E-state index contributed by atoms with van der Waals surface area (Å²) in [5.41, 5.74) is -1.31. The lowest BCUT2D eigenvalue weighted by Gasteiger charge is -2.15. The molecule has 0 aliphatic carbocycles. The number of carbonyl (C=O) groups excluding carboxylic acids is 2. The van der Waals surface area contributed by atoms with Crippen LogP contribution in [0.5, 0.6) is 0 Å². The fourth-order valence-corrected chi connectivity index (χ4v) is 4.41. The fourth-order valence-electron chi connectivity index (χ4n) is 3.40. The highest BCUT2D eigenvalue weighted by molar-refractivity contribution is 7.84. The van der Waals surface area contributed by atoms with Crippen molar-refractivity contribution in [3.8, 4) is 6.07 Å². The minimum Gasteiger partial charge on any atom is -0.512 e. The highest BCUT2D eigenvalue weighted by atomic mass is 32.2. The number of allylic oxidation sites excluding steroid dienone is 1. The Morgan fingerprint density at radius 3 is 2.77 bits per heavy atom. The number of thiol groups is 1. The number of amides is 1. The van der Waals surface area contributed by atoms with Crippen LogP contribution in [0.1, 0.15) is 34.1 Å². The van der Waals surface area contributed by atoms with Crippen LogP contribution in [0.2, 0.25) is 0 Å². The number of nitriles is 1. The van der Waals surface area contributed by atoms with Crippen LogP contribution in [0.4, 0.5) is 4.39 Å². The Labute approximate surface area is 200 Å². The van der Waals surface area contributed by atoms with Gasteiger partial charge in [-0.25, -0.2) is 9.18 Å². The number of ketones is 1. The molecular weight excluding hydrogens is 483 g/mol. The van der Waals surface area contributed by atoms with Gasteiger partial charge in [0.2, 0.25) is 5.78 Å². The lowest BCUT2D eigenvalue weighted by molar-refractivity contribution is -0.115. The predicted octanol–water partition coefficient (Wildman–Crippen LogP) is 0.343. The van der Waals surface area contributed by atoms with Crippen molar-refractivity contribution in [3.63, 3.8) is 0 Å². The zero-order valence-electron chi connectivity index (χ0n) is 18.6. The molecule has 1 amide bonds. The summed E-state index contributed by atoms with van der Waals surface area (Å²) in [6, 6.07) is 4.99. The Morgan fingerprint density at radius 2 is 2.11 bits per heavy atom. The quantitative estimate of drug-likeness (QED) is 0.225. The summed E-state index contributed by atoms with van der Waals surface area (Å²) < 4.78 is 33.1. The van der Waals surface area contributed by atoms with E-state index < -0.39 is 45.8 Å². The van der Waals surface area contributed by atoms with Crippen LogP contribution in [0.25, 0.3) is 0 Å². The Balaban J connectivity index is 1.61. The zero-order valence-corrected chi connectivity index (χ0v) is 19.5. The van der Waals surface area contributed by atoms with Crippen molar-refractivity contribution in [2.45, 2.75) is 26.1 Å². The highest BCUT2D eigenvalue weighted by Gasteiger charge is 2.32. The standard InChI is InChI=1S/C22H21FN4O7S/c1-13-11-27(19-9-17(29)18(12-28)34-19)22(32)26(21(13)31)5-7-35(33)6-4-25-20(30)14-2-3-16(23)15(8-14)10-24/h2-3,8,11-12,19,28H,4-7,9H2,1H3,(H,25,30)/p+1/b18-12+. The minimum absolute atomic E-state index is 0.0224. The number of halogens is 1. The van der Waals surface area contributed by atoms with Gasteiger partial charge in [-0.1, -0.05) is 0 Å². The molecule has 1 aliphatic rings. The first kappa shape index (κ1) is 25.6. The lowest BCUT2D eigenvalue weighted by atomic mass is 10.1. The molecule has 2 unspecified atom stereocenters. The first-order valence-corrected chi connectivity index (χ1v) is 12.1. The molecule has 1 aromatic heterocycles. The second kappa shape index (κ2) is 10.9. The molecule has 0 saturated carbocycles. The highest BCUT2D eigenvalue weighted by Crippen LogP contribution is 2.26. The smallest absolute Gasteiger partial charge is 0.334 e. The molecule has 13 heteroatoms. The summed E-state index contributed by atoms with van der Waals surface area (Å²) in [4.78, 5) is 49.3. The van der Waals surface area contributed by atoms with Crippen molar-refractivity contribution >= 4 is 22.5 Å². The van der Waals surface area contributed by atoms with Crippen molar-refractivity contribution in [3.05, 3.63) is 79.8 Å². The molecule has 2 heterocycles. The van der Waals surface area contributed by atoms with Gasteiger partial charge in [0.25, 0.3) is 11.5 Å². The SMILES string of the molecule is Cc1cn(C2CC(=O)/C(=C\O)O2)c(=O)n(CC[SH+](=O)CCNC(=O)c2ccc(F)c(C#N)c2)c1=O. The first-order valence-electron chi connectivity index (χ1n) is 10.4. The van der Waals surface area contributed by atoms with E-state index in [9.17, 15) is 27.8 Å². The molecule has 35 heavy (non-hydrogen) atoms. The number of aliphatic hydroxyl groups is 1. The summed E-state index contributed by atoms with van der Waals surface area (Å²) in [5, 5.41) is 20.4. The molecule has 2 N–H and O–H groups in total. The van der Waals surface area contributed by atoms with E-state index in [2.05, 4.69) is 5.32 Å². The van der Waals surface area contributed by atoms with Gasteiger partial charge in [0.15, 0.2) is 12.0 Å². The van der Waals surface area contributed by atoms with Gasteiger partial charge in [0.1, 0.15) is 29.7 Å². The van der Waals surface area contributed by atoms with Crippen molar-refractivity contribution in [1.29, 1.82) is 5.26 Å². The molecule has 0 bridgehead atoms. The molecule has 11 nitrogen and oxygen atoms in total. The van der Waals surface area contributed by atoms with Gasteiger partial charge in [0, 0.05) is 17.3 Å². The van der Waals surface area contributed by atoms with Gasteiger partial charge in [-0.05, 0) is 25.1 Å². The largest absolute Gasteiger partial charge is 0.512 e. The number of aromatic nitrogens is 2. The van der Waals surface area contributed by atoms with E-state index in [-0.39, 0.29) is 53.5 Å². The maximum atomic E-state index is 13.4. The van der Waals surface area contributed by atoms with Crippen molar-refractivity contribution in [2.24, 2.45) is 0 Å². The normalized spacial score (nSPS) is 17.1. The Morgan fingerprint density at radius 1 is 1.37 bits per heavy atom. The molecule has 2 aromatic rings. The number of nitrogens with zero attached hydrogens (tertiary/aromatic N) is 3. The predicted molar refractivity (Wildman–Crippen MR) is 123 cm³/mol. The lowest BCUT2D eigenvalue weighted by Crippen LogP contribution is -2.43. The number of benzene rings is 1. The molecule has 0 radical (unpaired) electrons. The molecule has 184 valence electrons. The van der Waals surface area contributed by atoms with Crippen LogP contribution in [-0.4, -0.2) is 44.0 Å². The van der Waals surface area contributed by atoms with Gasteiger partial charge >= 0.3 is 5.69 Å². The van der Waals surface area contributed by atoms with Crippen LogP contribution in [0, 0.1) is 24.1 Å². The number of hydrogen-bond acceptors (Lipinski definition) is 8. The third-order valence-electron chi connectivity index (χ3n) is 5.26. The summed E-state index contributed by atoms with van der Waals surface area (Å²) in [5.74, 6) is -2.04. The summed E-state index contributed by atoms with van der Waals surface area (Å²) in [6.07, 6.45) is 0.568. The number of aryl methyl sites for hydroxylation is 1. The molecule has 3 rings (SSSR count). The van der Waals surface area contributed by atoms with E-state index >= 15 is 0 Å². The fraction of sp³-hybridized carbons (Fsp3) is 0.318. The molecule has 1 aliphatic heterocycles. The van der Waals surface area contributed by atoms with Gasteiger partial charge in [-0.2, -0.15) is 5.26 Å². The second-order valence-electron chi connectivity index (χ2n) is 7.64. The Bertz CT molecular complexity index is 1390. The van der Waals surface area contributed by atoms with E-state index in [1.54, 1.807) is 6.07 Å². The van der Waals surface area contributed by atoms with Crippen LogP contribution in [0.3, 0.4) is 0 Å². The average molecular weight is 506 g/mol. The molecule has 1 saturated heterocycles. The van der Waals surface area contributed by atoms with E-state index in [0.717, 1.165) is 21.3 Å². The maximum absolute atomic E-state index is 13.4. The number of hydrogen-bond donors (Lipinski definition) is 2. The summed E-state index contributed by atoms with van der Waals surface area (Å²) in [6.45, 7) is 1.35. The van der Waals surface area contributed by atoms with Crippen molar-refractivity contribution in [1.82, 2.24) is 14.5 Å².